The zero-order chi connectivity index (χ0) is 18.0. The average Bonchev–Trinajstić information content (AvgIpc) is 2.62. The monoisotopic (exact) mass is 356 g/mol. The van der Waals surface area contributed by atoms with Crippen LogP contribution in [0.3, 0.4) is 0 Å². The largest absolute Gasteiger partial charge is 0.507 e. The van der Waals surface area contributed by atoms with E-state index in [1.54, 1.807) is 31.2 Å². The van der Waals surface area contributed by atoms with Gasteiger partial charge in [0.2, 0.25) is 5.95 Å². The molecule has 0 radical (unpaired) electrons. The molecule has 3 aromatic rings. The predicted octanol–water partition coefficient (Wildman–Crippen LogP) is 3.61. The highest BCUT2D eigenvalue weighted by atomic mass is 35.5. The molecule has 0 aliphatic rings. The fraction of sp³-hybridized carbons (Fsp3) is 0.167. The lowest BCUT2D eigenvalue weighted by molar-refractivity contribution is 0.474. The molecule has 0 spiro atoms. The molecule has 1 heterocycles. The summed E-state index contributed by atoms with van der Waals surface area (Å²) in [6.45, 7) is 4.05. The third-order valence-corrected chi connectivity index (χ3v) is 4.08. The number of hydrazone groups is 1. The maximum atomic E-state index is 12.6. The number of rotatable bonds is 4. The Morgan fingerprint density at radius 3 is 2.84 bits per heavy atom. The molecule has 0 aliphatic heterocycles. The molecule has 0 bridgehead atoms. The first-order valence-corrected chi connectivity index (χ1v) is 8.18. The number of nitrogens with zero attached hydrogens (tertiary/aromatic N) is 3. The van der Waals surface area contributed by atoms with E-state index in [1.807, 2.05) is 19.1 Å². The third kappa shape index (κ3) is 3.34. The number of nitrogens with one attached hydrogen (secondary N) is 1. The van der Waals surface area contributed by atoms with Crippen LogP contribution in [0.15, 0.2) is 52.4 Å². The van der Waals surface area contributed by atoms with Crippen LogP contribution in [0.2, 0.25) is 5.02 Å². The standard InChI is InChI=1S/C18H17ClN4O2/c1-3-23-17(25)13-6-4-5-7-15(13)20-18(23)22-21-11(2)14-10-12(19)8-9-16(14)24/h4-10,24H,3H2,1-2H3,(H,20,22)/b21-11+. The highest BCUT2D eigenvalue weighted by Gasteiger charge is 2.10. The van der Waals surface area contributed by atoms with Crippen molar-refractivity contribution in [3.8, 4) is 5.75 Å². The number of hydrogen-bond acceptors (Lipinski definition) is 5. The molecule has 2 aromatic carbocycles. The van der Waals surface area contributed by atoms with Gasteiger partial charge in [-0.25, -0.2) is 10.4 Å². The molecule has 0 amide bonds. The summed E-state index contributed by atoms with van der Waals surface area (Å²) in [5, 5.41) is 15.3. The van der Waals surface area contributed by atoms with Gasteiger partial charge in [0.05, 0.1) is 16.6 Å². The second-order valence-electron chi connectivity index (χ2n) is 5.47. The molecule has 128 valence electrons. The van der Waals surface area contributed by atoms with Crippen LogP contribution in [-0.4, -0.2) is 20.4 Å². The van der Waals surface area contributed by atoms with Gasteiger partial charge in [-0.1, -0.05) is 23.7 Å². The van der Waals surface area contributed by atoms with Crippen LogP contribution in [0.25, 0.3) is 10.9 Å². The van der Waals surface area contributed by atoms with E-state index in [0.717, 1.165) is 0 Å². The van der Waals surface area contributed by atoms with Crippen molar-refractivity contribution in [1.29, 1.82) is 0 Å². The van der Waals surface area contributed by atoms with Crippen LogP contribution < -0.4 is 11.0 Å². The Balaban J connectivity index is 2.03. The summed E-state index contributed by atoms with van der Waals surface area (Å²) in [6, 6.07) is 11.9. The van der Waals surface area contributed by atoms with Crippen molar-refractivity contribution in [2.24, 2.45) is 5.10 Å². The van der Waals surface area contributed by atoms with Crippen molar-refractivity contribution in [2.75, 3.05) is 5.43 Å². The number of fused-ring (bicyclic) bond motifs is 1. The fourth-order valence-corrected chi connectivity index (χ4v) is 2.71. The topological polar surface area (TPSA) is 79.5 Å². The highest BCUT2D eigenvalue weighted by Crippen LogP contribution is 2.22. The molecular weight excluding hydrogens is 340 g/mol. The Labute approximate surface area is 149 Å². The molecule has 1 aromatic heterocycles. The molecular formula is C18H17ClN4O2. The Morgan fingerprint density at radius 1 is 1.32 bits per heavy atom. The summed E-state index contributed by atoms with van der Waals surface area (Å²) in [6.07, 6.45) is 0. The Hall–Kier alpha value is -2.86. The molecule has 7 heteroatoms. The lowest BCUT2D eigenvalue weighted by atomic mass is 10.1. The molecule has 0 saturated heterocycles. The van der Waals surface area contributed by atoms with E-state index < -0.39 is 0 Å². The lowest BCUT2D eigenvalue weighted by Gasteiger charge is -2.11. The van der Waals surface area contributed by atoms with Crippen LogP contribution >= 0.6 is 11.6 Å². The molecule has 0 atom stereocenters. The summed E-state index contributed by atoms with van der Waals surface area (Å²) in [7, 11) is 0. The molecule has 0 aliphatic carbocycles. The Kier molecular flexibility index (Phi) is 4.72. The quantitative estimate of drug-likeness (QED) is 0.553. The number of aromatic nitrogens is 2. The maximum absolute atomic E-state index is 12.6. The number of anilines is 1. The number of benzene rings is 2. The molecule has 0 saturated carbocycles. The average molecular weight is 357 g/mol. The minimum atomic E-state index is -0.131. The van der Waals surface area contributed by atoms with E-state index in [-0.39, 0.29) is 11.3 Å². The van der Waals surface area contributed by atoms with Crippen molar-refractivity contribution >= 4 is 34.2 Å². The van der Waals surface area contributed by atoms with E-state index in [9.17, 15) is 9.90 Å². The van der Waals surface area contributed by atoms with Crippen molar-refractivity contribution in [2.45, 2.75) is 20.4 Å². The molecule has 0 fully saturated rings. The van der Waals surface area contributed by atoms with Gasteiger partial charge in [0.15, 0.2) is 0 Å². The number of phenolic OH excluding ortho intramolecular Hbond substituents is 1. The minimum Gasteiger partial charge on any atom is -0.507 e. The highest BCUT2D eigenvalue weighted by molar-refractivity contribution is 6.31. The maximum Gasteiger partial charge on any atom is 0.262 e. The van der Waals surface area contributed by atoms with Gasteiger partial charge in [0, 0.05) is 17.1 Å². The van der Waals surface area contributed by atoms with E-state index in [0.29, 0.717) is 39.7 Å². The Morgan fingerprint density at radius 2 is 2.08 bits per heavy atom. The molecule has 0 unspecified atom stereocenters. The molecule has 25 heavy (non-hydrogen) atoms. The van der Waals surface area contributed by atoms with Crippen molar-refractivity contribution in [3.63, 3.8) is 0 Å². The first kappa shape index (κ1) is 17.0. The van der Waals surface area contributed by atoms with Gasteiger partial charge in [0.1, 0.15) is 5.75 Å². The summed E-state index contributed by atoms with van der Waals surface area (Å²) >= 11 is 5.97. The summed E-state index contributed by atoms with van der Waals surface area (Å²) < 4.78 is 1.51. The molecule has 2 N–H and O–H groups in total. The SMILES string of the molecule is CCn1c(N/N=C(\C)c2cc(Cl)ccc2O)nc2ccccc2c1=O. The lowest BCUT2D eigenvalue weighted by Crippen LogP contribution is -2.23. The first-order valence-electron chi connectivity index (χ1n) is 7.80. The van der Waals surface area contributed by atoms with Crippen LogP contribution in [0.1, 0.15) is 19.4 Å². The van der Waals surface area contributed by atoms with Gasteiger partial charge < -0.3 is 5.11 Å². The van der Waals surface area contributed by atoms with E-state index in [2.05, 4.69) is 15.5 Å². The summed E-state index contributed by atoms with van der Waals surface area (Å²) in [5.74, 6) is 0.416. The summed E-state index contributed by atoms with van der Waals surface area (Å²) in [5.41, 5.74) is 4.32. The van der Waals surface area contributed by atoms with Crippen LogP contribution in [0.5, 0.6) is 5.75 Å². The normalized spacial score (nSPS) is 11.7. The molecule has 6 nitrogen and oxygen atoms in total. The van der Waals surface area contributed by atoms with Crippen LogP contribution in [0, 0.1) is 0 Å². The van der Waals surface area contributed by atoms with Gasteiger partial charge in [-0.3, -0.25) is 9.36 Å². The van der Waals surface area contributed by atoms with Gasteiger partial charge in [-0.05, 0) is 44.2 Å². The molecule has 3 rings (SSSR count). The van der Waals surface area contributed by atoms with Crippen LogP contribution in [0.4, 0.5) is 5.95 Å². The Bertz CT molecular complexity index is 1030. The zero-order valence-corrected chi connectivity index (χ0v) is 14.6. The van der Waals surface area contributed by atoms with Crippen molar-refractivity contribution in [3.05, 3.63) is 63.4 Å². The van der Waals surface area contributed by atoms with Gasteiger partial charge in [0.25, 0.3) is 5.56 Å². The minimum absolute atomic E-state index is 0.0757. The second-order valence-corrected chi connectivity index (χ2v) is 5.91. The number of halogens is 1. The van der Waals surface area contributed by atoms with E-state index in [1.165, 1.54) is 10.6 Å². The third-order valence-electron chi connectivity index (χ3n) is 3.85. The van der Waals surface area contributed by atoms with Gasteiger partial charge in [-0.15, -0.1) is 0 Å². The first-order chi connectivity index (χ1) is 12.0. The van der Waals surface area contributed by atoms with Gasteiger partial charge >= 0.3 is 0 Å². The number of phenols is 1. The summed E-state index contributed by atoms with van der Waals surface area (Å²) in [4.78, 5) is 17.0. The van der Waals surface area contributed by atoms with E-state index in [4.69, 9.17) is 11.6 Å². The van der Waals surface area contributed by atoms with Crippen LogP contribution in [-0.2, 0) is 6.54 Å². The zero-order valence-electron chi connectivity index (χ0n) is 13.8. The smallest absolute Gasteiger partial charge is 0.262 e. The fourth-order valence-electron chi connectivity index (χ4n) is 2.54. The number of aromatic hydroxyl groups is 1. The van der Waals surface area contributed by atoms with Gasteiger partial charge in [-0.2, -0.15) is 5.10 Å². The van der Waals surface area contributed by atoms with Crippen molar-refractivity contribution in [1.82, 2.24) is 9.55 Å². The number of para-hydroxylation sites is 1. The second kappa shape index (κ2) is 6.94. The van der Waals surface area contributed by atoms with E-state index >= 15 is 0 Å². The van der Waals surface area contributed by atoms with Crippen molar-refractivity contribution < 1.29 is 5.11 Å². The number of hydrogen-bond donors (Lipinski definition) is 2. The predicted molar refractivity (Wildman–Crippen MR) is 101 cm³/mol.